The number of aliphatic hydroxyl groups is 1. The number of carbonyl (C=O) groups is 1. The average Bonchev–Trinajstić information content (AvgIpc) is 2.48. The quantitative estimate of drug-likeness (QED) is 0.871. The number of amides is 1. The van der Waals surface area contributed by atoms with Crippen molar-refractivity contribution in [3.63, 3.8) is 0 Å². The Morgan fingerprint density at radius 1 is 1.43 bits per heavy atom. The number of benzene rings is 1. The minimum Gasteiger partial charge on any atom is -0.396 e. The van der Waals surface area contributed by atoms with Crippen LogP contribution in [0.25, 0.3) is 0 Å². The van der Waals surface area contributed by atoms with Gasteiger partial charge in [-0.1, -0.05) is 37.3 Å². The highest BCUT2D eigenvalue weighted by Crippen LogP contribution is 2.28. The molecule has 1 heterocycles. The fourth-order valence-corrected chi connectivity index (χ4v) is 3.01. The second-order valence-electron chi connectivity index (χ2n) is 6.48. The number of hydrogen-bond donors (Lipinski definition) is 2. The lowest BCUT2D eigenvalue weighted by Gasteiger charge is -2.39. The number of piperidine rings is 1. The van der Waals surface area contributed by atoms with E-state index in [1.54, 1.807) is 0 Å². The van der Waals surface area contributed by atoms with E-state index in [1.165, 1.54) is 0 Å². The van der Waals surface area contributed by atoms with E-state index in [9.17, 15) is 9.90 Å². The molecule has 2 N–H and O–H groups in total. The maximum Gasteiger partial charge on any atom is 0.234 e. The fourth-order valence-electron chi connectivity index (χ4n) is 3.01. The number of aliphatic hydroxyl groups excluding tert-OH is 1. The Morgan fingerprint density at radius 2 is 2.14 bits per heavy atom. The van der Waals surface area contributed by atoms with Crippen LogP contribution in [-0.4, -0.2) is 42.2 Å². The maximum atomic E-state index is 12.2. The van der Waals surface area contributed by atoms with Crippen LogP contribution in [-0.2, 0) is 4.79 Å². The van der Waals surface area contributed by atoms with Crippen molar-refractivity contribution in [3.8, 4) is 0 Å². The van der Waals surface area contributed by atoms with Gasteiger partial charge in [-0.05, 0) is 31.9 Å². The van der Waals surface area contributed by atoms with Crippen molar-refractivity contribution >= 4 is 5.91 Å². The number of rotatable bonds is 5. The van der Waals surface area contributed by atoms with Gasteiger partial charge in [0.25, 0.3) is 0 Å². The third-order valence-corrected chi connectivity index (χ3v) is 4.29. The van der Waals surface area contributed by atoms with Crippen LogP contribution in [0.5, 0.6) is 0 Å². The number of nitrogens with one attached hydrogen (secondary N) is 1. The van der Waals surface area contributed by atoms with Gasteiger partial charge in [-0.25, -0.2) is 0 Å². The summed E-state index contributed by atoms with van der Waals surface area (Å²) < 4.78 is 0. The van der Waals surface area contributed by atoms with Gasteiger partial charge < -0.3 is 10.4 Å². The van der Waals surface area contributed by atoms with E-state index in [4.69, 9.17) is 0 Å². The van der Waals surface area contributed by atoms with Gasteiger partial charge in [-0.2, -0.15) is 0 Å². The monoisotopic (exact) mass is 290 g/mol. The fraction of sp³-hybridized carbons (Fsp3) is 0.588. The van der Waals surface area contributed by atoms with Crippen molar-refractivity contribution < 1.29 is 9.90 Å². The predicted molar refractivity (Wildman–Crippen MR) is 83.9 cm³/mol. The molecule has 4 heteroatoms. The lowest BCUT2D eigenvalue weighted by Crippen LogP contribution is -2.47. The molecule has 0 radical (unpaired) electrons. The van der Waals surface area contributed by atoms with E-state index in [0.717, 1.165) is 31.5 Å². The summed E-state index contributed by atoms with van der Waals surface area (Å²) in [4.78, 5) is 14.3. The molecule has 21 heavy (non-hydrogen) atoms. The first-order valence-electron chi connectivity index (χ1n) is 7.70. The van der Waals surface area contributed by atoms with Gasteiger partial charge in [-0.3, -0.25) is 9.69 Å². The van der Waals surface area contributed by atoms with Crippen LogP contribution in [0.3, 0.4) is 0 Å². The second-order valence-corrected chi connectivity index (χ2v) is 6.48. The zero-order valence-electron chi connectivity index (χ0n) is 13.0. The number of hydrogen-bond acceptors (Lipinski definition) is 3. The minimum atomic E-state index is -0.0659. The summed E-state index contributed by atoms with van der Waals surface area (Å²) in [6.45, 7) is 6.41. The van der Waals surface area contributed by atoms with Crippen molar-refractivity contribution in [1.82, 2.24) is 10.2 Å². The molecule has 0 bridgehead atoms. The summed E-state index contributed by atoms with van der Waals surface area (Å²) in [6.07, 6.45) is 2.07. The molecule has 0 saturated carbocycles. The molecule has 2 unspecified atom stereocenters. The van der Waals surface area contributed by atoms with E-state index in [1.807, 2.05) is 37.3 Å². The molecule has 1 aliphatic heterocycles. The summed E-state index contributed by atoms with van der Waals surface area (Å²) in [5.74, 6) is 0.0496. The van der Waals surface area contributed by atoms with Gasteiger partial charge in [-0.15, -0.1) is 0 Å². The van der Waals surface area contributed by atoms with E-state index in [-0.39, 0.29) is 24.0 Å². The molecule has 2 rings (SSSR count). The zero-order valence-corrected chi connectivity index (χ0v) is 13.0. The molecule has 1 amide bonds. The van der Waals surface area contributed by atoms with Crippen LogP contribution < -0.4 is 5.32 Å². The van der Waals surface area contributed by atoms with Crippen molar-refractivity contribution in [2.24, 2.45) is 5.41 Å². The normalized spacial score (nSPS) is 24.5. The lowest BCUT2D eigenvalue weighted by molar-refractivity contribution is -0.123. The third kappa shape index (κ3) is 4.55. The van der Waals surface area contributed by atoms with Crippen molar-refractivity contribution in [1.29, 1.82) is 0 Å². The molecule has 1 aromatic rings. The van der Waals surface area contributed by atoms with Crippen LogP contribution in [0.4, 0.5) is 0 Å². The summed E-state index contributed by atoms with van der Waals surface area (Å²) in [7, 11) is 0. The second kappa shape index (κ2) is 7.05. The average molecular weight is 290 g/mol. The van der Waals surface area contributed by atoms with Gasteiger partial charge in [0.05, 0.1) is 12.6 Å². The Labute approximate surface area is 127 Å². The molecule has 2 atom stereocenters. The Hall–Kier alpha value is -1.39. The molecule has 0 aliphatic carbocycles. The first-order chi connectivity index (χ1) is 10.0. The molecule has 1 fully saturated rings. The SMILES string of the molecule is CC(NC(=O)CN1CCCC(C)(CO)C1)c1ccccc1. The molecule has 4 nitrogen and oxygen atoms in total. The smallest absolute Gasteiger partial charge is 0.234 e. The topological polar surface area (TPSA) is 52.6 Å². The van der Waals surface area contributed by atoms with E-state index < -0.39 is 0 Å². The maximum absolute atomic E-state index is 12.2. The lowest BCUT2D eigenvalue weighted by atomic mass is 9.83. The first-order valence-corrected chi connectivity index (χ1v) is 7.70. The van der Waals surface area contributed by atoms with E-state index >= 15 is 0 Å². The van der Waals surface area contributed by atoms with E-state index in [0.29, 0.717) is 6.54 Å². The van der Waals surface area contributed by atoms with Crippen molar-refractivity contribution in [3.05, 3.63) is 35.9 Å². The number of likely N-dealkylation sites (tertiary alicyclic amines) is 1. The summed E-state index contributed by atoms with van der Waals surface area (Å²) >= 11 is 0. The predicted octanol–water partition coefficient (Wildman–Crippen LogP) is 1.96. The third-order valence-electron chi connectivity index (χ3n) is 4.29. The van der Waals surface area contributed by atoms with Crippen LogP contribution in [0, 0.1) is 5.41 Å². The Balaban J connectivity index is 1.84. The van der Waals surface area contributed by atoms with Gasteiger partial charge >= 0.3 is 0 Å². The number of carbonyl (C=O) groups excluding carboxylic acids is 1. The summed E-state index contributed by atoms with van der Waals surface area (Å²) in [6, 6.07) is 10.0. The Kier molecular flexibility index (Phi) is 5.37. The molecular formula is C17H26N2O2. The molecule has 1 aromatic carbocycles. The highest BCUT2D eigenvalue weighted by Gasteiger charge is 2.31. The minimum absolute atomic E-state index is 0.0210. The summed E-state index contributed by atoms with van der Waals surface area (Å²) in [5, 5.41) is 12.5. The zero-order chi connectivity index (χ0) is 15.3. The Bertz CT molecular complexity index is 463. The van der Waals surface area contributed by atoms with Gasteiger partial charge in [0, 0.05) is 18.6 Å². The van der Waals surface area contributed by atoms with Gasteiger partial charge in [0.2, 0.25) is 5.91 Å². The van der Waals surface area contributed by atoms with Crippen LogP contribution in [0.15, 0.2) is 30.3 Å². The van der Waals surface area contributed by atoms with Crippen LogP contribution >= 0.6 is 0 Å². The molecular weight excluding hydrogens is 264 g/mol. The van der Waals surface area contributed by atoms with Gasteiger partial charge in [0.15, 0.2) is 0 Å². The molecule has 116 valence electrons. The molecule has 0 aromatic heterocycles. The van der Waals surface area contributed by atoms with Gasteiger partial charge in [0.1, 0.15) is 0 Å². The van der Waals surface area contributed by atoms with Crippen molar-refractivity contribution in [2.45, 2.75) is 32.7 Å². The Morgan fingerprint density at radius 3 is 2.81 bits per heavy atom. The van der Waals surface area contributed by atoms with Crippen LogP contribution in [0.1, 0.15) is 38.3 Å². The largest absolute Gasteiger partial charge is 0.396 e. The molecule has 1 aliphatic rings. The highest BCUT2D eigenvalue weighted by molar-refractivity contribution is 5.78. The summed E-state index contributed by atoms with van der Waals surface area (Å²) in [5.41, 5.74) is 1.05. The first kappa shape index (κ1) is 16.0. The highest BCUT2D eigenvalue weighted by atomic mass is 16.3. The number of nitrogens with zero attached hydrogens (tertiary/aromatic N) is 1. The molecule has 0 spiro atoms. The molecule has 1 saturated heterocycles. The standard InChI is InChI=1S/C17H26N2O2/c1-14(15-7-4-3-5-8-15)18-16(21)11-19-10-6-9-17(2,12-19)13-20/h3-5,7-8,14,20H,6,9-13H2,1-2H3,(H,18,21). The van der Waals surface area contributed by atoms with Crippen molar-refractivity contribution in [2.75, 3.05) is 26.2 Å². The van der Waals surface area contributed by atoms with E-state index in [2.05, 4.69) is 17.1 Å². The van der Waals surface area contributed by atoms with Crippen LogP contribution in [0.2, 0.25) is 0 Å².